The first-order valence-electron chi connectivity index (χ1n) is 7.27. The summed E-state index contributed by atoms with van der Waals surface area (Å²) in [5, 5.41) is 2.97. The van der Waals surface area contributed by atoms with Crippen molar-refractivity contribution in [2.45, 2.75) is 51.6 Å². The predicted molar refractivity (Wildman–Crippen MR) is 75.3 cm³/mol. The van der Waals surface area contributed by atoms with E-state index in [4.69, 9.17) is 4.42 Å². The lowest BCUT2D eigenvalue weighted by Crippen LogP contribution is -2.53. The maximum atomic E-state index is 12.4. The number of hydrogen-bond acceptors (Lipinski definition) is 3. The van der Waals surface area contributed by atoms with Gasteiger partial charge < -0.3 is 14.6 Å². The van der Waals surface area contributed by atoms with Gasteiger partial charge in [0.25, 0.3) is 5.91 Å². The summed E-state index contributed by atoms with van der Waals surface area (Å²) < 4.78 is 4.96. The molecule has 2 unspecified atom stereocenters. The van der Waals surface area contributed by atoms with Gasteiger partial charge in [-0.25, -0.2) is 0 Å². The van der Waals surface area contributed by atoms with Crippen LogP contribution in [0.25, 0.3) is 0 Å². The van der Waals surface area contributed by atoms with Crippen LogP contribution < -0.4 is 5.32 Å². The first kappa shape index (κ1) is 14.6. The molecule has 0 bridgehead atoms. The molecule has 20 heavy (non-hydrogen) atoms. The largest absolute Gasteiger partial charge is 0.472 e. The van der Waals surface area contributed by atoms with Crippen molar-refractivity contribution < 1.29 is 14.0 Å². The average Bonchev–Trinajstić information content (AvgIpc) is 3.00. The van der Waals surface area contributed by atoms with Gasteiger partial charge in [-0.1, -0.05) is 6.92 Å². The molecule has 2 atom stereocenters. The molecule has 110 valence electrons. The molecule has 0 spiro atoms. The van der Waals surface area contributed by atoms with Crippen molar-refractivity contribution in [1.29, 1.82) is 0 Å². The van der Waals surface area contributed by atoms with Crippen LogP contribution in [0.1, 0.15) is 49.9 Å². The quantitative estimate of drug-likeness (QED) is 0.918. The number of hydrogen-bond donors (Lipinski definition) is 1. The standard InChI is InChI=1S/C15H22N2O3/c1-3-11(2)16-14(18)13-6-4-5-8-17(13)15(19)12-7-9-20-10-12/h7,9-11,13H,3-6,8H2,1-2H3,(H,16,18). The molecule has 0 radical (unpaired) electrons. The summed E-state index contributed by atoms with van der Waals surface area (Å²) >= 11 is 0. The third-order valence-electron chi connectivity index (χ3n) is 3.84. The zero-order chi connectivity index (χ0) is 14.5. The fraction of sp³-hybridized carbons (Fsp3) is 0.600. The summed E-state index contributed by atoms with van der Waals surface area (Å²) in [6.07, 6.45) is 6.44. The number of carbonyl (C=O) groups excluding carboxylic acids is 2. The average molecular weight is 278 g/mol. The Hall–Kier alpha value is -1.78. The zero-order valence-electron chi connectivity index (χ0n) is 12.1. The molecule has 2 amide bonds. The van der Waals surface area contributed by atoms with Gasteiger partial charge in [-0.15, -0.1) is 0 Å². The molecule has 1 aliphatic heterocycles. The van der Waals surface area contributed by atoms with Gasteiger partial charge in [0.05, 0.1) is 11.8 Å². The number of furan rings is 1. The van der Waals surface area contributed by atoms with E-state index in [2.05, 4.69) is 5.32 Å². The van der Waals surface area contributed by atoms with Gasteiger partial charge in [-0.05, 0) is 38.7 Å². The summed E-state index contributed by atoms with van der Waals surface area (Å²) in [5.74, 6) is -0.168. The Morgan fingerprint density at radius 2 is 2.30 bits per heavy atom. The molecule has 5 nitrogen and oxygen atoms in total. The van der Waals surface area contributed by atoms with Crippen molar-refractivity contribution in [2.75, 3.05) is 6.54 Å². The monoisotopic (exact) mass is 278 g/mol. The van der Waals surface area contributed by atoms with Crippen LogP contribution in [-0.2, 0) is 4.79 Å². The molecule has 0 aliphatic carbocycles. The number of likely N-dealkylation sites (tertiary alicyclic amines) is 1. The van der Waals surface area contributed by atoms with Crippen LogP contribution in [0.3, 0.4) is 0 Å². The van der Waals surface area contributed by atoms with Gasteiger partial charge in [0.1, 0.15) is 12.3 Å². The first-order chi connectivity index (χ1) is 9.63. The zero-order valence-corrected chi connectivity index (χ0v) is 12.1. The van der Waals surface area contributed by atoms with E-state index in [0.29, 0.717) is 12.1 Å². The van der Waals surface area contributed by atoms with Crippen molar-refractivity contribution in [3.63, 3.8) is 0 Å². The normalized spacial score (nSPS) is 20.5. The summed E-state index contributed by atoms with van der Waals surface area (Å²) in [4.78, 5) is 26.4. The summed E-state index contributed by atoms with van der Waals surface area (Å²) in [6, 6.07) is 1.41. The van der Waals surface area contributed by atoms with Crippen molar-refractivity contribution in [2.24, 2.45) is 0 Å². The van der Waals surface area contributed by atoms with E-state index in [0.717, 1.165) is 25.7 Å². The van der Waals surface area contributed by atoms with Crippen molar-refractivity contribution in [3.05, 3.63) is 24.2 Å². The Balaban J connectivity index is 2.09. The van der Waals surface area contributed by atoms with E-state index in [1.165, 1.54) is 12.5 Å². The second-order valence-electron chi connectivity index (χ2n) is 5.34. The second kappa shape index (κ2) is 6.59. The third-order valence-corrected chi connectivity index (χ3v) is 3.84. The number of carbonyl (C=O) groups is 2. The predicted octanol–water partition coefficient (Wildman–Crippen LogP) is 2.19. The van der Waals surface area contributed by atoms with Crippen LogP contribution in [0, 0.1) is 0 Å². The van der Waals surface area contributed by atoms with E-state index in [1.54, 1.807) is 11.0 Å². The number of piperidine rings is 1. The SMILES string of the molecule is CCC(C)NC(=O)C1CCCCN1C(=O)c1ccoc1. The molecule has 1 N–H and O–H groups in total. The lowest BCUT2D eigenvalue weighted by Gasteiger charge is -2.35. The molecule has 0 saturated carbocycles. The number of rotatable bonds is 4. The topological polar surface area (TPSA) is 62.6 Å². The van der Waals surface area contributed by atoms with Gasteiger partial charge >= 0.3 is 0 Å². The smallest absolute Gasteiger partial charge is 0.257 e. The molecule has 1 aliphatic rings. The van der Waals surface area contributed by atoms with Crippen LogP contribution >= 0.6 is 0 Å². The lowest BCUT2D eigenvalue weighted by atomic mass is 10.00. The van der Waals surface area contributed by atoms with Gasteiger partial charge in [0.2, 0.25) is 5.91 Å². The molecule has 1 aromatic heterocycles. The maximum absolute atomic E-state index is 12.4. The van der Waals surface area contributed by atoms with Crippen molar-refractivity contribution >= 4 is 11.8 Å². The Morgan fingerprint density at radius 3 is 2.95 bits per heavy atom. The molecule has 1 aromatic rings. The molecule has 1 saturated heterocycles. The van der Waals surface area contributed by atoms with Gasteiger partial charge in [0.15, 0.2) is 0 Å². The number of amides is 2. The minimum absolute atomic E-state index is 0.0455. The summed E-state index contributed by atoms with van der Waals surface area (Å²) in [7, 11) is 0. The molecule has 2 rings (SSSR count). The number of nitrogens with zero attached hydrogens (tertiary/aromatic N) is 1. The van der Waals surface area contributed by atoms with E-state index in [9.17, 15) is 9.59 Å². The van der Waals surface area contributed by atoms with Crippen LogP contribution in [0.5, 0.6) is 0 Å². The highest BCUT2D eigenvalue weighted by atomic mass is 16.3. The van der Waals surface area contributed by atoms with Gasteiger partial charge in [-0.2, -0.15) is 0 Å². The fourth-order valence-corrected chi connectivity index (χ4v) is 2.44. The lowest BCUT2D eigenvalue weighted by molar-refractivity contribution is -0.127. The Morgan fingerprint density at radius 1 is 1.50 bits per heavy atom. The Labute approximate surface area is 119 Å². The molecule has 1 fully saturated rings. The summed E-state index contributed by atoms with van der Waals surface area (Å²) in [6.45, 7) is 4.63. The van der Waals surface area contributed by atoms with Crippen molar-refractivity contribution in [3.8, 4) is 0 Å². The molecular weight excluding hydrogens is 256 g/mol. The highest BCUT2D eigenvalue weighted by Crippen LogP contribution is 2.20. The van der Waals surface area contributed by atoms with Gasteiger partial charge in [0, 0.05) is 12.6 Å². The maximum Gasteiger partial charge on any atom is 0.257 e. The Kier molecular flexibility index (Phi) is 4.82. The third kappa shape index (κ3) is 3.21. The van der Waals surface area contributed by atoms with E-state index >= 15 is 0 Å². The van der Waals surface area contributed by atoms with Crippen LogP contribution in [0.4, 0.5) is 0 Å². The van der Waals surface area contributed by atoms with E-state index in [1.807, 2.05) is 13.8 Å². The van der Waals surface area contributed by atoms with E-state index < -0.39 is 0 Å². The van der Waals surface area contributed by atoms with Crippen LogP contribution in [0.2, 0.25) is 0 Å². The first-order valence-corrected chi connectivity index (χ1v) is 7.27. The van der Waals surface area contributed by atoms with Crippen molar-refractivity contribution in [1.82, 2.24) is 10.2 Å². The Bertz CT molecular complexity index is 456. The highest BCUT2D eigenvalue weighted by molar-refractivity contribution is 5.97. The molecular formula is C15H22N2O3. The van der Waals surface area contributed by atoms with Gasteiger partial charge in [-0.3, -0.25) is 9.59 Å². The molecule has 0 aromatic carbocycles. The van der Waals surface area contributed by atoms with Crippen LogP contribution in [0.15, 0.2) is 23.0 Å². The highest BCUT2D eigenvalue weighted by Gasteiger charge is 2.33. The number of nitrogens with one attached hydrogen (secondary N) is 1. The molecule has 5 heteroatoms. The minimum Gasteiger partial charge on any atom is -0.472 e. The van der Waals surface area contributed by atoms with E-state index in [-0.39, 0.29) is 23.9 Å². The summed E-state index contributed by atoms with van der Waals surface area (Å²) in [5.41, 5.74) is 0.508. The fourth-order valence-electron chi connectivity index (χ4n) is 2.44. The second-order valence-corrected chi connectivity index (χ2v) is 5.34. The minimum atomic E-state index is -0.361. The van der Waals surface area contributed by atoms with Crippen LogP contribution in [-0.4, -0.2) is 35.3 Å². The molecule has 2 heterocycles.